The van der Waals surface area contributed by atoms with E-state index in [0.717, 1.165) is 23.1 Å². The summed E-state index contributed by atoms with van der Waals surface area (Å²) in [7, 11) is 2.74. The topological polar surface area (TPSA) is 96.3 Å². The van der Waals surface area contributed by atoms with E-state index in [9.17, 15) is 33.0 Å². The van der Waals surface area contributed by atoms with Crippen LogP contribution in [0.4, 0.5) is 18.9 Å². The highest BCUT2D eigenvalue weighted by molar-refractivity contribution is 6.51. The Morgan fingerprint density at radius 1 is 0.944 bits per heavy atom. The smallest absolute Gasteiger partial charge is 0.416 e. The summed E-state index contributed by atoms with van der Waals surface area (Å²) in [4.78, 5) is 27.2. The highest BCUT2D eigenvalue weighted by Gasteiger charge is 2.47. The quantitative estimate of drug-likeness (QED) is 0.290. The van der Waals surface area contributed by atoms with Crippen LogP contribution in [-0.2, 0) is 15.8 Å². The van der Waals surface area contributed by atoms with Crippen LogP contribution in [0.5, 0.6) is 17.2 Å². The molecule has 10 heteroatoms. The van der Waals surface area contributed by atoms with Gasteiger partial charge in [0.25, 0.3) is 11.7 Å². The van der Waals surface area contributed by atoms with Crippen LogP contribution in [0.25, 0.3) is 5.76 Å². The number of halogens is 3. The Hall–Kier alpha value is -4.47. The highest BCUT2D eigenvalue weighted by Crippen LogP contribution is 2.45. The third kappa shape index (κ3) is 4.33. The van der Waals surface area contributed by atoms with E-state index in [-0.39, 0.29) is 33.9 Å². The summed E-state index contributed by atoms with van der Waals surface area (Å²) in [6.45, 7) is 0. The predicted molar refractivity (Wildman–Crippen MR) is 124 cm³/mol. The third-order valence-electron chi connectivity index (χ3n) is 5.78. The monoisotopic (exact) mass is 499 g/mol. The lowest BCUT2D eigenvalue weighted by Crippen LogP contribution is -2.29. The second-order valence-corrected chi connectivity index (χ2v) is 7.88. The molecule has 36 heavy (non-hydrogen) atoms. The fourth-order valence-corrected chi connectivity index (χ4v) is 4.02. The number of methoxy groups -OCH3 is 2. The highest BCUT2D eigenvalue weighted by atomic mass is 19.4. The van der Waals surface area contributed by atoms with Gasteiger partial charge in [0.2, 0.25) is 0 Å². The molecule has 1 fully saturated rings. The molecule has 4 rings (SSSR count). The zero-order valence-corrected chi connectivity index (χ0v) is 19.0. The average molecular weight is 499 g/mol. The number of aliphatic hydroxyl groups is 1. The number of amides is 1. The Balaban J connectivity index is 1.96. The largest absolute Gasteiger partial charge is 0.507 e. The molecule has 0 aromatic heterocycles. The van der Waals surface area contributed by atoms with Gasteiger partial charge in [0.15, 0.2) is 11.5 Å². The van der Waals surface area contributed by atoms with Crippen molar-refractivity contribution in [3.63, 3.8) is 0 Å². The Labute approximate surface area is 203 Å². The van der Waals surface area contributed by atoms with E-state index in [0.29, 0.717) is 5.75 Å². The maximum Gasteiger partial charge on any atom is 0.416 e. The maximum atomic E-state index is 13.4. The second kappa shape index (κ2) is 9.29. The van der Waals surface area contributed by atoms with Crippen molar-refractivity contribution in [1.82, 2.24) is 0 Å². The van der Waals surface area contributed by atoms with Gasteiger partial charge in [-0.3, -0.25) is 14.5 Å². The van der Waals surface area contributed by atoms with Crippen LogP contribution >= 0.6 is 0 Å². The van der Waals surface area contributed by atoms with Gasteiger partial charge in [-0.15, -0.1) is 0 Å². The van der Waals surface area contributed by atoms with E-state index in [1.165, 1.54) is 62.8 Å². The summed E-state index contributed by atoms with van der Waals surface area (Å²) >= 11 is 0. The van der Waals surface area contributed by atoms with E-state index >= 15 is 0 Å². The van der Waals surface area contributed by atoms with Crippen molar-refractivity contribution in [2.75, 3.05) is 19.1 Å². The number of rotatable bonds is 5. The molecule has 3 aromatic carbocycles. The van der Waals surface area contributed by atoms with Gasteiger partial charge in [0.1, 0.15) is 11.5 Å². The number of phenolic OH excluding ortho intramolecular Hbond substituents is 1. The van der Waals surface area contributed by atoms with Crippen molar-refractivity contribution in [2.24, 2.45) is 0 Å². The van der Waals surface area contributed by atoms with E-state index in [4.69, 9.17) is 9.47 Å². The second-order valence-electron chi connectivity index (χ2n) is 7.88. The molecular weight excluding hydrogens is 479 g/mol. The normalized spacial score (nSPS) is 17.4. The third-order valence-corrected chi connectivity index (χ3v) is 5.78. The number of hydrogen-bond acceptors (Lipinski definition) is 6. The van der Waals surface area contributed by atoms with Crippen LogP contribution in [0.1, 0.15) is 22.7 Å². The maximum absolute atomic E-state index is 13.4. The zero-order valence-electron chi connectivity index (χ0n) is 19.0. The molecule has 7 nitrogen and oxygen atoms in total. The minimum Gasteiger partial charge on any atom is -0.507 e. The number of hydrogen-bond donors (Lipinski definition) is 2. The molecule has 0 unspecified atom stereocenters. The summed E-state index contributed by atoms with van der Waals surface area (Å²) in [5.74, 6) is -2.48. The first-order valence-electron chi connectivity index (χ1n) is 10.6. The van der Waals surface area contributed by atoms with Gasteiger partial charge in [-0.2, -0.15) is 13.2 Å². The van der Waals surface area contributed by atoms with Crippen molar-refractivity contribution in [1.29, 1.82) is 0 Å². The molecule has 0 aliphatic carbocycles. The molecule has 186 valence electrons. The lowest BCUT2D eigenvalue weighted by molar-refractivity contribution is -0.137. The average Bonchev–Trinajstić information content (AvgIpc) is 3.13. The van der Waals surface area contributed by atoms with Crippen LogP contribution in [0.15, 0.2) is 72.3 Å². The lowest BCUT2D eigenvalue weighted by atomic mass is 9.94. The van der Waals surface area contributed by atoms with Crippen LogP contribution in [0.3, 0.4) is 0 Å². The van der Waals surface area contributed by atoms with E-state index in [1.807, 2.05) is 0 Å². The lowest BCUT2D eigenvalue weighted by Gasteiger charge is -2.26. The number of phenols is 1. The zero-order chi connectivity index (χ0) is 26.2. The summed E-state index contributed by atoms with van der Waals surface area (Å²) in [5.41, 5.74) is -1.14. The molecule has 0 radical (unpaired) electrons. The van der Waals surface area contributed by atoms with Gasteiger partial charge in [0, 0.05) is 11.3 Å². The van der Waals surface area contributed by atoms with Crippen molar-refractivity contribution in [3.05, 3.63) is 89.0 Å². The molecule has 0 spiro atoms. The van der Waals surface area contributed by atoms with Gasteiger partial charge in [-0.05, 0) is 60.2 Å². The van der Waals surface area contributed by atoms with Gasteiger partial charge in [-0.25, -0.2) is 0 Å². The number of ether oxygens (including phenoxy) is 2. The predicted octanol–water partition coefficient (Wildman–Crippen LogP) is 5.05. The summed E-state index contributed by atoms with van der Waals surface area (Å²) < 4.78 is 50.4. The molecule has 0 bridgehead atoms. The number of aromatic hydroxyl groups is 1. The molecule has 1 atom stereocenters. The van der Waals surface area contributed by atoms with Crippen molar-refractivity contribution in [2.45, 2.75) is 12.2 Å². The van der Waals surface area contributed by atoms with Crippen LogP contribution in [0.2, 0.25) is 0 Å². The fraction of sp³-hybridized carbons (Fsp3) is 0.154. The number of Topliss-reactive ketones (excluding diaryl/α,β-unsaturated/α-hetero) is 1. The van der Waals surface area contributed by atoms with Crippen molar-refractivity contribution in [3.8, 4) is 17.2 Å². The number of carbonyl (C=O) groups excluding carboxylic acids is 2. The molecule has 1 aliphatic heterocycles. The first-order chi connectivity index (χ1) is 17.1. The van der Waals surface area contributed by atoms with E-state index in [1.54, 1.807) is 0 Å². The number of ketones is 1. The Morgan fingerprint density at radius 2 is 1.64 bits per heavy atom. The Kier molecular flexibility index (Phi) is 6.36. The molecule has 1 aliphatic rings. The number of benzene rings is 3. The van der Waals surface area contributed by atoms with Gasteiger partial charge >= 0.3 is 6.18 Å². The number of alkyl halides is 3. The first-order valence-corrected chi connectivity index (χ1v) is 10.6. The Morgan fingerprint density at radius 3 is 2.25 bits per heavy atom. The molecule has 0 saturated carbocycles. The van der Waals surface area contributed by atoms with Crippen LogP contribution in [-0.4, -0.2) is 36.1 Å². The standard InChI is InChI=1S/C26H20F3NO6/c1-35-18-9-6-14(7-10-18)23(32)21-22(15-8-11-19(31)20(12-15)36-2)30(25(34)24(21)33)17-5-3-4-16(13-17)26(27,28)29/h3-13,22,31-32H,1-2H3/t22-/m0/s1. The van der Waals surface area contributed by atoms with Gasteiger partial charge in [-0.1, -0.05) is 12.1 Å². The number of anilines is 1. The SMILES string of the molecule is COc1ccc(C(O)=C2C(=O)C(=O)N(c3cccc(C(F)(F)F)c3)[C@H]2c2ccc(O)c(OC)c2)cc1. The minimum atomic E-state index is -4.69. The number of aliphatic hydroxyl groups excluding tert-OH is 1. The number of nitrogens with zero attached hydrogens (tertiary/aromatic N) is 1. The van der Waals surface area contributed by atoms with E-state index < -0.39 is 35.2 Å². The van der Waals surface area contributed by atoms with Crippen LogP contribution < -0.4 is 14.4 Å². The number of carbonyl (C=O) groups is 2. The minimum absolute atomic E-state index is 0.00609. The molecular formula is C26H20F3NO6. The molecule has 2 N–H and O–H groups in total. The summed E-state index contributed by atoms with van der Waals surface area (Å²) in [6, 6.07) is 12.7. The summed E-state index contributed by atoms with van der Waals surface area (Å²) in [5, 5.41) is 21.1. The molecule has 1 saturated heterocycles. The summed E-state index contributed by atoms with van der Waals surface area (Å²) in [6.07, 6.45) is -4.69. The van der Waals surface area contributed by atoms with Crippen molar-refractivity contribution < 1.29 is 42.4 Å². The first kappa shape index (κ1) is 24.6. The molecule has 1 amide bonds. The Bertz CT molecular complexity index is 1360. The van der Waals surface area contributed by atoms with E-state index in [2.05, 4.69) is 0 Å². The molecule has 3 aromatic rings. The van der Waals surface area contributed by atoms with Gasteiger partial charge < -0.3 is 19.7 Å². The van der Waals surface area contributed by atoms with Crippen LogP contribution in [0, 0.1) is 0 Å². The van der Waals surface area contributed by atoms with Gasteiger partial charge in [0.05, 0.1) is 31.4 Å². The molecule has 1 heterocycles. The fourth-order valence-electron chi connectivity index (χ4n) is 4.02. The van der Waals surface area contributed by atoms with Crippen molar-refractivity contribution >= 4 is 23.1 Å².